The van der Waals surface area contributed by atoms with Crippen LogP contribution in [0.3, 0.4) is 0 Å². The van der Waals surface area contributed by atoms with Crippen LogP contribution in [0.25, 0.3) is 0 Å². The van der Waals surface area contributed by atoms with Gasteiger partial charge in [0.15, 0.2) is 0 Å². The van der Waals surface area contributed by atoms with Gasteiger partial charge in [0.2, 0.25) is 5.91 Å². The number of carbonyl (C=O) groups is 2. The van der Waals surface area contributed by atoms with Crippen LogP contribution in [-0.4, -0.2) is 54.5 Å². The van der Waals surface area contributed by atoms with E-state index in [0.29, 0.717) is 31.5 Å². The minimum Gasteiger partial charge on any atom is -0.339 e. The normalized spacial score (nSPS) is 12.2. The number of nitrogens with zero attached hydrogens (tertiary/aromatic N) is 2. The predicted molar refractivity (Wildman–Crippen MR) is 107 cm³/mol. The summed E-state index contributed by atoms with van der Waals surface area (Å²) in [5, 5.41) is 0. The molecule has 0 aromatic rings. The molecule has 26 heavy (non-hydrogen) atoms. The molecule has 0 heterocycles. The summed E-state index contributed by atoms with van der Waals surface area (Å²) >= 11 is 0. The molecule has 0 N–H and O–H groups in total. The highest BCUT2D eigenvalue weighted by atomic mass is 19.1. The number of halogens is 1. The van der Waals surface area contributed by atoms with Gasteiger partial charge in [-0.05, 0) is 45.1 Å². The Morgan fingerprint density at radius 1 is 0.962 bits per heavy atom. The summed E-state index contributed by atoms with van der Waals surface area (Å²) in [5.41, 5.74) is 1.71. The molecule has 0 spiro atoms. The van der Waals surface area contributed by atoms with Gasteiger partial charge in [-0.15, -0.1) is 0 Å². The molecule has 0 fully saturated rings. The number of alkyl halides is 1. The SMILES string of the molecule is C/C=C(\C=C(/CC)CN(CCCCF)C(C)=O)C(=O)N(CCC)CCC. The monoisotopic (exact) mass is 368 g/mol. The van der Waals surface area contributed by atoms with Gasteiger partial charge in [0.25, 0.3) is 5.91 Å². The first-order valence-electron chi connectivity index (χ1n) is 9.91. The van der Waals surface area contributed by atoms with Crippen LogP contribution >= 0.6 is 0 Å². The van der Waals surface area contributed by atoms with Crippen molar-refractivity contribution in [3.63, 3.8) is 0 Å². The quantitative estimate of drug-likeness (QED) is 0.272. The average Bonchev–Trinajstić information content (AvgIpc) is 2.62. The van der Waals surface area contributed by atoms with Crippen molar-refractivity contribution >= 4 is 11.8 Å². The molecule has 4 nitrogen and oxygen atoms in total. The van der Waals surface area contributed by atoms with Gasteiger partial charge in [-0.1, -0.05) is 32.4 Å². The van der Waals surface area contributed by atoms with Gasteiger partial charge in [-0.2, -0.15) is 0 Å². The number of unbranched alkanes of at least 4 members (excludes halogenated alkanes) is 1. The molecule has 0 aromatic carbocycles. The van der Waals surface area contributed by atoms with Crippen LogP contribution in [0, 0.1) is 0 Å². The van der Waals surface area contributed by atoms with Crippen molar-refractivity contribution in [3.8, 4) is 0 Å². The summed E-state index contributed by atoms with van der Waals surface area (Å²) in [6.07, 6.45) is 7.52. The summed E-state index contributed by atoms with van der Waals surface area (Å²) in [7, 11) is 0. The fraction of sp³-hybridized carbons (Fsp3) is 0.714. The zero-order valence-electron chi connectivity index (χ0n) is 17.3. The van der Waals surface area contributed by atoms with E-state index in [9.17, 15) is 14.0 Å². The molecule has 0 aromatic heterocycles. The Kier molecular flexibility index (Phi) is 13.6. The van der Waals surface area contributed by atoms with E-state index in [2.05, 4.69) is 13.8 Å². The second-order valence-corrected chi connectivity index (χ2v) is 6.53. The van der Waals surface area contributed by atoms with Gasteiger partial charge in [-0.25, -0.2) is 0 Å². The fourth-order valence-corrected chi connectivity index (χ4v) is 2.78. The Bertz CT molecular complexity index is 480. The standard InChI is InChI=1S/C21H37FN2O2/c1-6-13-23(14-7-2)21(26)20(9-4)16-19(8-3)17-24(18(5)25)15-11-10-12-22/h9,16H,6-8,10-15,17H2,1-5H3/b19-16+,20-9+. The van der Waals surface area contributed by atoms with Gasteiger partial charge in [0.1, 0.15) is 0 Å². The molecule has 0 saturated heterocycles. The lowest BCUT2D eigenvalue weighted by atomic mass is 10.1. The number of amides is 2. The van der Waals surface area contributed by atoms with E-state index in [0.717, 1.165) is 37.9 Å². The second-order valence-electron chi connectivity index (χ2n) is 6.53. The van der Waals surface area contributed by atoms with E-state index >= 15 is 0 Å². The molecule has 0 radical (unpaired) electrons. The molecule has 0 aliphatic heterocycles. The summed E-state index contributed by atoms with van der Waals surface area (Å²) in [4.78, 5) is 28.3. The van der Waals surface area contributed by atoms with Crippen molar-refractivity contribution < 1.29 is 14.0 Å². The lowest BCUT2D eigenvalue weighted by molar-refractivity contribution is -0.128. The summed E-state index contributed by atoms with van der Waals surface area (Å²) in [6.45, 7) is 11.8. The predicted octanol–water partition coefficient (Wildman–Crippen LogP) is 4.52. The largest absolute Gasteiger partial charge is 0.339 e. The van der Waals surface area contributed by atoms with Crippen LogP contribution in [0.4, 0.5) is 4.39 Å². The smallest absolute Gasteiger partial charge is 0.253 e. The maximum Gasteiger partial charge on any atom is 0.253 e. The van der Waals surface area contributed by atoms with Crippen LogP contribution in [-0.2, 0) is 9.59 Å². The van der Waals surface area contributed by atoms with Crippen molar-refractivity contribution in [3.05, 3.63) is 23.3 Å². The molecule has 0 bridgehead atoms. The van der Waals surface area contributed by atoms with Crippen LogP contribution in [0.5, 0.6) is 0 Å². The minimum atomic E-state index is -0.357. The fourth-order valence-electron chi connectivity index (χ4n) is 2.78. The Labute approximate surface area is 159 Å². The Balaban J connectivity index is 5.24. The highest BCUT2D eigenvalue weighted by Gasteiger charge is 2.16. The number of hydrogen-bond acceptors (Lipinski definition) is 2. The first-order chi connectivity index (χ1) is 12.4. The van der Waals surface area contributed by atoms with Crippen molar-refractivity contribution in [1.29, 1.82) is 0 Å². The third-order valence-corrected chi connectivity index (χ3v) is 4.30. The first-order valence-corrected chi connectivity index (χ1v) is 9.91. The van der Waals surface area contributed by atoms with Crippen LogP contribution in [0.2, 0.25) is 0 Å². The molecule has 0 unspecified atom stereocenters. The summed E-state index contributed by atoms with van der Waals surface area (Å²) in [5.74, 6) is 0.0316. The topological polar surface area (TPSA) is 40.6 Å². The van der Waals surface area contributed by atoms with Gasteiger partial charge < -0.3 is 9.80 Å². The molecular weight excluding hydrogens is 331 g/mol. The second kappa shape index (κ2) is 14.5. The molecule has 5 heteroatoms. The highest BCUT2D eigenvalue weighted by Crippen LogP contribution is 2.13. The molecule has 0 aliphatic carbocycles. The van der Waals surface area contributed by atoms with E-state index < -0.39 is 0 Å². The van der Waals surface area contributed by atoms with Crippen molar-refractivity contribution in [2.45, 2.75) is 66.7 Å². The molecular formula is C21H37FN2O2. The van der Waals surface area contributed by atoms with E-state index in [4.69, 9.17) is 0 Å². The van der Waals surface area contributed by atoms with E-state index in [1.807, 2.05) is 30.9 Å². The summed E-state index contributed by atoms with van der Waals surface area (Å²) < 4.78 is 12.3. The first kappa shape index (κ1) is 24.4. The lowest BCUT2D eigenvalue weighted by Crippen LogP contribution is -2.34. The molecule has 0 rings (SSSR count). The third-order valence-electron chi connectivity index (χ3n) is 4.30. The number of carbonyl (C=O) groups excluding carboxylic acids is 2. The van der Waals surface area contributed by atoms with Gasteiger partial charge in [0, 0.05) is 38.7 Å². The highest BCUT2D eigenvalue weighted by molar-refractivity contribution is 5.96. The molecule has 150 valence electrons. The molecule has 0 atom stereocenters. The zero-order valence-corrected chi connectivity index (χ0v) is 17.3. The zero-order chi connectivity index (χ0) is 19.9. The molecule has 0 saturated carbocycles. The number of rotatable bonds is 13. The molecule has 0 aliphatic rings. The van der Waals surface area contributed by atoms with Crippen LogP contribution in [0.1, 0.15) is 66.7 Å². The molecule has 2 amide bonds. The number of allylic oxidation sites excluding steroid dienone is 1. The maximum absolute atomic E-state index is 12.8. The maximum atomic E-state index is 12.8. The lowest BCUT2D eigenvalue weighted by Gasteiger charge is -2.24. The van der Waals surface area contributed by atoms with Crippen molar-refractivity contribution in [2.24, 2.45) is 0 Å². The van der Waals surface area contributed by atoms with E-state index in [1.54, 1.807) is 4.90 Å². The summed E-state index contributed by atoms with van der Waals surface area (Å²) in [6, 6.07) is 0. The van der Waals surface area contributed by atoms with Crippen LogP contribution in [0.15, 0.2) is 23.3 Å². The van der Waals surface area contributed by atoms with Crippen LogP contribution < -0.4 is 0 Å². The van der Waals surface area contributed by atoms with Gasteiger partial charge in [0.05, 0.1) is 6.67 Å². The average molecular weight is 369 g/mol. The van der Waals surface area contributed by atoms with Crippen molar-refractivity contribution in [1.82, 2.24) is 9.80 Å². The van der Waals surface area contributed by atoms with E-state index in [1.165, 1.54) is 6.92 Å². The third kappa shape index (κ3) is 9.16. The Hall–Kier alpha value is -1.65. The minimum absolute atomic E-state index is 0.0184. The number of hydrogen-bond donors (Lipinski definition) is 0. The van der Waals surface area contributed by atoms with E-state index in [-0.39, 0.29) is 18.5 Å². The van der Waals surface area contributed by atoms with Gasteiger partial charge >= 0.3 is 0 Å². The van der Waals surface area contributed by atoms with Crippen molar-refractivity contribution in [2.75, 3.05) is 32.9 Å². The van der Waals surface area contributed by atoms with Gasteiger partial charge in [-0.3, -0.25) is 14.0 Å². The Morgan fingerprint density at radius 2 is 1.58 bits per heavy atom. The Morgan fingerprint density at radius 3 is 2.00 bits per heavy atom.